The van der Waals surface area contributed by atoms with E-state index in [1.807, 2.05) is 0 Å². The highest BCUT2D eigenvalue weighted by atomic mass is 17.2. The van der Waals surface area contributed by atoms with Crippen LogP contribution in [0.1, 0.15) is 0 Å². The third kappa shape index (κ3) is 1.27. The van der Waals surface area contributed by atoms with E-state index in [1.165, 1.54) is 6.26 Å². The topological polar surface area (TPSA) is 44.5 Å². The van der Waals surface area contributed by atoms with Crippen LogP contribution in [0.4, 0.5) is 0 Å². The first-order valence-electron chi connectivity index (χ1n) is 2.30. The van der Waals surface area contributed by atoms with E-state index >= 15 is 0 Å². The van der Waals surface area contributed by atoms with Crippen molar-refractivity contribution in [2.75, 3.05) is 6.61 Å². The molecule has 3 nitrogen and oxygen atoms in total. The molecule has 0 radical (unpaired) electrons. The van der Waals surface area contributed by atoms with E-state index in [4.69, 9.17) is 5.73 Å². The zero-order valence-corrected chi connectivity index (χ0v) is 4.33. The van der Waals surface area contributed by atoms with Crippen molar-refractivity contribution < 1.29 is 9.78 Å². The Morgan fingerprint density at radius 2 is 2.50 bits per heavy atom. The van der Waals surface area contributed by atoms with Crippen LogP contribution in [0.15, 0.2) is 24.1 Å². The second kappa shape index (κ2) is 2.37. The van der Waals surface area contributed by atoms with E-state index in [1.54, 1.807) is 12.2 Å². The van der Waals surface area contributed by atoms with Gasteiger partial charge in [0.25, 0.3) is 0 Å². The summed E-state index contributed by atoms with van der Waals surface area (Å²) >= 11 is 0. The summed E-state index contributed by atoms with van der Waals surface area (Å²) in [5, 5.41) is 0. The predicted molar refractivity (Wildman–Crippen MR) is 28.4 cm³/mol. The fourth-order valence-electron chi connectivity index (χ4n) is 0.392. The van der Waals surface area contributed by atoms with Gasteiger partial charge in [0.15, 0.2) is 6.26 Å². The largest absolute Gasteiger partial charge is 0.396 e. The third-order valence-corrected chi connectivity index (χ3v) is 0.727. The van der Waals surface area contributed by atoms with Crippen molar-refractivity contribution in [1.82, 2.24) is 0 Å². The fraction of sp³-hybridized carbons (Fsp3) is 0.200. The minimum atomic E-state index is 0.456. The van der Waals surface area contributed by atoms with E-state index in [9.17, 15) is 0 Å². The molecule has 0 aromatic rings. The lowest BCUT2D eigenvalue weighted by atomic mass is 10.4. The SMILES string of the molecule is NC1=COOCC=C1. The molecule has 0 spiro atoms. The van der Waals surface area contributed by atoms with E-state index in [2.05, 4.69) is 9.78 Å². The van der Waals surface area contributed by atoms with Crippen LogP contribution in [0, 0.1) is 0 Å². The molecule has 0 aromatic carbocycles. The van der Waals surface area contributed by atoms with Crippen LogP contribution in [0.5, 0.6) is 0 Å². The van der Waals surface area contributed by atoms with Crippen LogP contribution in [-0.4, -0.2) is 6.61 Å². The van der Waals surface area contributed by atoms with Crippen molar-refractivity contribution in [3.05, 3.63) is 24.1 Å². The van der Waals surface area contributed by atoms with Gasteiger partial charge in [-0.25, -0.2) is 0 Å². The molecule has 1 aliphatic rings. The van der Waals surface area contributed by atoms with E-state index < -0.39 is 0 Å². The molecule has 2 N–H and O–H groups in total. The van der Waals surface area contributed by atoms with Gasteiger partial charge in [0.05, 0.1) is 5.70 Å². The van der Waals surface area contributed by atoms with Crippen LogP contribution in [-0.2, 0) is 9.78 Å². The minimum absolute atomic E-state index is 0.456. The highest BCUT2D eigenvalue weighted by molar-refractivity contribution is 5.12. The van der Waals surface area contributed by atoms with E-state index in [0.717, 1.165) is 0 Å². The monoisotopic (exact) mass is 113 g/mol. The molecular formula is C5H7NO2. The van der Waals surface area contributed by atoms with Gasteiger partial charge < -0.3 is 10.6 Å². The standard InChI is InChI=1S/C5H7NO2/c6-5-2-1-3-7-8-4-5/h1-2,4H,3,6H2. The Morgan fingerprint density at radius 1 is 1.62 bits per heavy atom. The van der Waals surface area contributed by atoms with Crippen molar-refractivity contribution in [2.45, 2.75) is 0 Å². The molecule has 3 heteroatoms. The molecule has 0 saturated carbocycles. The van der Waals surface area contributed by atoms with E-state index in [0.29, 0.717) is 12.3 Å². The van der Waals surface area contributed by atoms with Gasteiger partial charge in [0.1, 0.15) is 6.61 Å². The van der Waals surface area contributed by atoms with Crippen molar-refractivity contribution >= 4 is 0 Å². The van der Waals surface area contributed by atoms with Crippen LogP contribution in [0.3, 0.4) is 0 Å². The molecule has 8 heavy (non-hydrogen) atoms. The van der Waals surface area contributed by atoms with Crippen LogP contribution in [0.2, 0.25) is 0 Å². The Balaban J connectivity index is 2.55. The summed E-state index contributed by atoms with van der Waals surface area (Å²) in [6, 6.07) is 0. The maximum Gasteiger partial charge on any atom is 0.152 e. The summed E-state index contributed by atoms with van der Waals surface area (Å²) in [4.78, 5) is 8.98. The van der Waals surface area contributed by atoms with Gasteiger partial charge in [-0.1, -0.05) is 6.08 Å². The summed E-state index contributed by atoms with van der Waals surface area (Å²) < 4.78 is 0. The maximum absolute atomic E-state index is 5.30. The summed E-state index contributed by atoms with van der Waals surface area (Å²) in [5.41, 5.74) is 5.88. The average Bonchev–Trinajstić information content (AvgIpc) is 1.94. The molecule has 0 fully saturated rings. The highest BCUT2D eigenvalue weighted by Crippen LogP contribution is 1.94. The Morgan fingerprint density at radius 3 is 3.38 bits per heavy atom. The van der Waals surface area contributed by atoms with Gasteiger partial charge in [-0.05, 0) is 6.08 Å². The van der Waals surface area contributed by atoms with Crippen molar-refractivity contribution in [3.8, 4) is 0 Å². The molecule has 1 heterocycles. The molecule has 1 rings (SSSR count). The number of hydrogen-bond donors (Lipinski definition) is 1. The number of hydrogen-bond acceptors (Lipinski definition) is 3. The van der Waals surface area contributed by atoms with Gasteiger partial charge in [0.2, 0.25) is 0 Å². The predicted octanol–water partition coefficient (Wildman–Crippen LogP) is 0.305. The summed E-state index contributed by atoms with van der Waals surface area (Å²) in [5.74, 6) is 0. The highest BCUT2D eigenvalue weighted by Gasteiger charge is 1.88. The maximum atomic E-state index is 5.30. The number of allylic oxidation sites excluding steroid dienone is 1. The molecule has 0 atom stereocenters. The van der Waals surface area contributed by atoms with Crippen LogP contribution >= 0.6 is 0 Å². The van der Waals surface area contributed by atoms with Crippen LogP contribution in [0.25, 0.3) is 0 Å². The van der Waals surface area contributed by atoms with Crippen LogP contribution < -0.4 is 5.73 Å². The fourth-order valence-corrected chi connectivity index (χ4v) is 0.392. The average molecular weight is 113 g/mol. The second-order valence-corrected chi connectivity index (χ2v) is 1.40. The molecule has 0 unspecified atom stereocenters. The van der Waals surface area contributed by atoms with Gasteiger partial charge in [-0.2, -0.15) is 4.89 Å². The Labute approximate surface area is 47.3 Å². The lowest BCUT2D eigenvalue weighted by Crippen LogP contribution is -1.91. The quantitative estimate of drug-likeness (QED) is 0.459. The Hall–Kier alpha value is -0.960. The number of nitrogens with two attached hydrogens (primary N) is 1. The first-order chi connectivity index (χ1) is 3.89. The van der Waals surface area contributed by atoms with Gasteiger partial charge in [-0.3, -0.25) is 0 Å². The first-order valence-corrected chi connectivity index (χ1v) is 2.30. The molecule has 0 aliphatic carbocycles. The molecule has 0 saturated heterocycles. The molecule has 0 amide bonds. The number of rotatable bonds is 0. The van der Waals surface area contributed by atoms with Gasteiger partial charge >= 0.3 is 0 Å². The first kappa shape index (κ1) is 5.18. The van der Waals surface area contributed by atoms with Gasteiger partial charge in [0, 0.05) is 0 Å². The minimum Gasteiger partial charge on any atom is -0.396 e. The second-order valence-electron chi connectivity index (χ2n) is 1.40. The summed E-state index contributed by atoms with van der Waals surface area (Å²) in [6.07, 6.45) is 4.86. The normalized spacial score (nSPS) is 18.8. The summed E-state index contributed by atoms with van der Waals surface area (Å²) in [6.45, 7) is 0.456. The molecule has 1 aliphatic heterocycles. The van der Waals surface area contributed by atoms with Crippen molar-refractivity contribution in [1.29, 1.82) is 0 Å². The smallest absolute Gasteiger partial charge is 0.152 e. The van der Waals surface area contributed by atoms with E-state index in [-0.39, 0.29) is 0 Å². The molecule has 44 valence electrons. The van der Waals surface area contributed by atoms with Crippen molar-refractivity contribution in [2.24, 2.45) is 5.73 Å². The van der Waals surface area contributed by atoms with Gasteiger partial charge in [-0.15, -0.1) is 0 Å². The zero-order valence-electron chi connectivity index (χ0n) is 4.33. The Kier molecular flexibility index (Phi) is 1.54. The van der Waals surface area contributed by atoms with Crippen molar-refractivity contribution in [3.63, 3.8) is 0 Å². The molecule has 0 bridgehead atoms. The molecular weight excluding hydrogens is 106 g/mol. The Bertz CT molecular complexity index is 128. The lowest BCUT2D eigenvalue weighted by Gasteiger charge is -1.91. The lowest BCUT2D eigenvalue weighted by molar-refractivity contribution is -0.238. The third-order valence-electron chi connectivity index (χ3n) is 0.727. The summed E-state index contributed by atoms with van der Waals surface area (Å²) in [7, 11) is 0. The molecule has 0 aromatic heterocycles. The zero-order chi connectivity index (χ0) is 5.82.